The van der Waals surface area contributed by atoms with Gasteiger partial charge in [0.15, 0.2) is 12.2 Å². The highest BCUT2D eigenvalue weighted by Crippen LogP contribution is 2.45. The predicted molar refractivity (Wildman–Crippen MR) is 349 cm³/mol. The molecule has 17 nitrogen and oxygen atoms in total. The largest absolute Gasteiger partial charge is 0.472 e. The quantitative estimate of drug-likeness (QED) is 0.0222. The first-order valence-electron chi connectivity index (χ1n) is 35.7. The number of unbranched alkanes of at least 4 members (excludes halogenated alkanes) is 39. The molecule has 0 fully saturated rings. The van der Waals surface area contributed by atoms with Crippen LogP contribution < -0.4 is 0 Å². The first-order valence-corrected chi connectivity index (χ1v) is 38.7. The summed E-state index contributed by atoms with van der Waals surface area (Å²) in [6.07, 6.45) is 47.1. The Morgan fingerprint density at radius 2 is 0.552 bits per heavy atom. The van der Waals surface area contributed by atoms with Crippen molar-refractivity contribution in [2.75, 3.05) is 39.6 Å². The second-order valence-electron chi connectivity index (χ2n) is 24.8. The summed E-state index contributed by atoms with van der Waals surface area (Å²) in [5.74, 6) is -1.32. The van der Waals surface area contributed by atoms with Gasteiger partial charge in [0, 0.05) is 25.7 Å². The number of hydrogen-bond donors (Lipinski definition) is 3. The van der Waals surface area contributed by atoms with E-state index in [0.29, 0.717) is 25.7 Å². The molecule has 0 radical (unpaired) electrons. The summed E-state index contributed by atoms with van der Waals surface area (Å²) in [6.45, 7) is 7.22. The van der Waals surface area contributed by atoms with Gasteiger partial charge in [-0.2, -0.15) is 0 Å². The van der Waals surface area contributed by atoms with Crippen molar-refractivity contribution in [3.8, 4) is 0 Å². The molecule has 6 atom stereocenters. The minimum absolute atomic E-state index is 0.107. The molecule has 0 aliphatic heterocycles. The molecule has 0 aliphatic rings. The van der Waals surface area contributed by atoms with Gasteiger partial charge in [-0.15, -0.1) is 0 Å². The molecular weight excluding hydrogens is 1150 g/mol. The molecule has 87 heavy (non-hydrogen) atoms. The van der Waals surface area contributed by atoms with Crippen LogP contribution in [0.1, 0.15) is 349 Å². The van der Waals surface area contributed by atoms with Crippen LogP contribution in [0.25, 0.3) is 0 Å². The maximum Gasteiger partial charge on any atom is 0.472 e. The Morgan fingerprint density at radius 3 is 0.816 bits per heavy atom. The Morgan fingerprint density at radius 1 is 0.322 bits per heavy atom. The second-order valence-corrected chi connectivity index (χ2v) is 27.7. The number of rotatable bonds is 68. The summed E-state index contributed by atoms with van der Waals surface area (Å²) < 4.78 is 68.1. The zero-order valence-electron chi connectivity index (χ0n) is 56.2. The Hall–Kier alpha value is -1.94. The minimum Gasteiger partial charge on any atom is -0.462 e. The van der Waals surface area contributed by atoms with Crippen molar-refractivity contribution in [2.45, 2.75) is 368 Å². The van der Waals surface area contributed by atoms with E-state index < -0.39 is 97.5 Å². The molecule has 0 spiro atoms. The van der Waals surface area contributed by atoms with Crippen LogP contribution in [0.15, 0.2) is 0 Å². The highest BCUT2D eigenvalue weighted by Gasteiger charge is 2.30. The van der Waals surface area contributed by atoms with E-state index in [4.69, 9.17) is 37.0 Å². The summed E-state index contributed by atoms with van der Waals surface area (Å²) in [5, 5.41) is 10.6. The third kappa shape index (κ3) is 61.3. The van der Waals surface area contributed by atoms with Crippen molar-refractivity contribution >= 4 is 39.5 Å². The van der Waals surface area contributed by atoms with Crippen molar-refractivity contribution in [1.82, 2.24) is 0 Å². The van der Waals surface area contributed by atoms with E-state index in [1.54, 1.807) is 0 Å². The van der Waals surface area contributed by atoms with Crippen molar-refractivity contribution in [2.24, 2.45) is 5.92 Å². The lowest BCUT2D eigenvalue weighted by Crippen LogP contribution is -2.30. The number of aliphatic hydroxyl groups is 1. The predicted octanol–water partition coefficient (Wildman–Crippen LogP) is 19.4. The second kappa shape index (κ2) is 61.6. The molecule has 516 valence electrons. The topological polar surface area (TPSA) is 237 Å². The van der Waals surface area contributed by atoms with Crippen LogP contribution in [-0.4, -0.2) is 96.7 Å². The Kier molecular flexibility index (Phi) is 60.2. The van der Waals surface area contributed by atoms with Gasteiger partial charge in [-0.05, 0) is 31.6 Å². The summed E-state index contributed by atoms with van der Waals surface area (Å²) in [6, 6.07) is 0. The zero-order valence-corrected chi connectivity index (χ0v) is 57.9. The first kappa shape index (κ1) is 85.1. The molecule has 0 saturated heterocycles. The van der Waals surface area contributed by atoms with Crippen LogP contribution in [-0.2, 0) is 65.4 Å². The third-order valence-corrected chi connectivity index (χ3v) is 18.0. The molecule has 3 unspecified atom stereocenters. The van der Waals surface area contributed by atoms with Gasteiger partial charge < -0.3 is 33.8 Å². The summed E-state index contributed by atoms with van der Waals surface area (Å²) in [4.78, 5) is 72.3. The van der Waals surface area contributed by atoms with Crippen molar-refractivity contribution < 1.29 is 80.2 Å². The van der Waals surface area contributed by atoms with Gasteiger partial charge in [0.25, 0.3) is 0 Å². The normalized spacial score (nSPS) is 14.4. The van der Waals surface area contributed by atoms with E-state index in [2.05, 4.69) is 34.6 Å². The molecule has 0 aliphatic carbocycles. The zero-order chi connectivity index (χ0) is 64.2. The highest BCUT2D eigenvalue weighted by molar-refractivity contribution is 7.47. The maximum absolute atomic E-state index is 13.0. The molecule has 0 aromatic carbocycles. The van der Waals surface area contributed by atoms with Crippen molar-refractivity contribution in [3.63, 3.8) is 0 Å². The molecule has 3 N–H and O–H groups in total. The molecule has 0 amide bonds. The van der Waals surface area contributed by atoms with Crippen molar-refractivity contribution in [1.29, 1.82) is 0 Å². The number of ether oxygens (including phenoxy) is 4. The van der Waals surface area contributed by atoms with E-state index in [1.807, 2.05) is 0 Å². The molecule has 0 aromatic rings. The van der Waals surface area contributed by atoms with Crippen LogP contribution >= 0.6 is 15.6 Å². The maximum atomic E-state index is 13.0. The third-order valence-electron chi connectivity index (χ3n) is 16.1. The molecule has 0 saturated carbocycles. The van der Waals surface area contributed by atoms with Crippen LogP contribution in [0.4, 0.5) is 0 Å². The Labute approximate surface area is 530 Å². The number of phosphoric ester groups is 2. The number of aliphatic hydroxyl groups excluding tert-OH is 1. The Bertz CT molecular complexity index is 1690. The average molecular weight is 1280 g/mol. The number of esters is 4. The fraction of sp³-hybridized carbons (Fsp3) is 0.941. The lowest BCUT2D eigenvalue weighted by molar-refractivity contribution is -0.161. The molecule has 0 heterocycles. The molecular formula is C68H132O17P2. The Balaban J connectivity index is 5.21. The van der Waals surface area contributed by atoms with Gasteiger partial charge in [0.05, 0.1) is 26.4 Å². The van der Waals surface area contributed by atoms with Gasteiger partial charge in [0.1, 0.15) is 19.3 Å². The van der Waals surface area contributed by atoms with Gasteiger partial charge >= 0.3 is 39.5 Å². The average Bonchev–Trinajstić information content (AvgIpc) is 3.65. The van der Waals surface area contributed by atoms with Crippen LogP contribution in [0.3, 0.4) is 0 Å². The standard InChI is InChI=1S/C68H132O17P2/c1-6-10-13-16-19-21-23-24-25-26-28-34-39-44-49-54-68(73)85-64(58-79-66(71)52-47-42-37-32-30-29-31-36-40-45-50-61(5)9-4)60-83-87(76,77)81-56-62(69)55-80-86(74,75)82-59-63(57-78-65(70)51-46-41-35-18-15-12-8-3)84-67(72)53-48-43-38-33-27-22-20-17-14-11-7-2/h61-64,69H,6-60H2,1-5H3,(H,74,75)(H,76,77)/t61?,62-,63+,64+/m0/s1. The van der Waals surface area contributed by atoms with Crippen LogP contribution in [0.5, 0.6) is 0 Å². The fourth-order valence-corrected chi connectivity index (χ4v) is 11.8. The van der Waals surface area contributed by atoms with Gasteiger partial charge in [-0.1, -0.05) is 298 Å². The summed E-state index contributed by atoms with van der Waals surface area (Å²) in [7, 11) is -9.89. The minimum atomic E-state index is -4.95. The van der Waals surface area contributed by atoms with Gasteiger partial charge in [-0.25, -0.2) is 9.13 Å². The molecule has 0 bridgehead atoms. The van der Waals surface area contributed by atoms with E-state index in [1.165, 1.54) is 161 Å². The number of carbonyl (C=O) groups excluding carboxylic acids is 4. The van der Waals surface area contributed by atoms with E-state index >= 15 is 0 Å². The molecule has 0 aromatic heterocycles. The molecule has 0 rings (SSSR count). The highest BCUT2D eigenvalue weighted by atomic mass is 31.2. The number of carbonyl (C=O) groups is 4. The number of phosphoric acid groups is 2. The van der Waals surface area contributed by atoms with E-state index in [9.17, 15) is 43.2 Å². The molecule has 19 heteroatoms. The summed E-state index contributed by atoms with van der Waals surface area (Å²) in [5.41, 5.74) is 0. The monoisotopic (exact) mass is 1280 g/mol. The lowest BCUT2D eigenvalue weighted by Gasteiger charge is -2.21. The van der Waals surface area contributed by atoms with E-state index in [0.717, 1.165) is 109 Å². The van der Waals surface area contributed by atoms with Crippen molar-refractivity contribution in [3.05, 3.63) is 0 Å². The van der Waals surface area contributed by atoms with E-state index in [-0.39, 0.29) is 25.7 Å². The SMILES string of the molecule is CCCCCCCCCCCCCCCCCC(=O)O[C@H](COC(=O)CCCCCCCCCCCCC(C)CC)COP(=O)(O)OC[C@@H](O)COP(=O)(O)OC[C@@H](COC(=O)CCCCCCCCC)OC(=O)CCCCCCCCCCCCC. The van der Waals surface area contributed by atoms with Crippen LogP contribution in [0.2, 0.25) is 0 Å². The summed E-state index contributed by atoms with van der Waals surface area (Å²) >= 11 is 0. The fourth-order valence-electron chi connectivity index (χ4n) is 10.3. The smallest absolute Gasteiger partial charge is 0.462 e. The van der Waals surface area contributed by atoms with Crippen LogP contribution in [0, 0.1) is 5.92 Å². The van der Waals surface area contributed by atoms with Gasteiger partial charge in [0.2, 0.25) is 0 Å². The lowest BCUT2D eigenvalue weighted by atomic mass is 9.99. The first-order chi connectivity index (χ1) is 42.1. The van der Waals surface area contributed by atoms with Gasteiger partial charge in [-0.3, -0.25) is 37.3 Å². The number of hydrogen-bond acceptors (Lipinski definition) is 15.